The molecule has 26 heavy (non-hydrogen) atoms. The van der Waals surface area contributed by atoms with E-state index in [2.05, 4.69) is 20.5 Å². The van der Waals surface area contributed by atoms with Gasteiger partial charge in [-0.2, -0.15) is 4.68 Å². The van der Waals surface area contributed by atoms with Gasteiger partial charge >= 0.3 is 0 Å². The lowest BCUT2D eigenvalue weighted by molar-refractivity contribution is 0.475. The fourth-order valence-electron chi connectivity index (χ4n) is 2.30. The molecule has 0 spiro atoms. The average molecular weight is 386 g/mol. The summed E-state index contributed by atoms with van der Waals surface area (Å²) in [6.07, 6.45) is 1.67. The van der Waals surface area contributed by atoms with Gasteiger partial charge in [0.1, 0.15) is 5.75 Å². The first-order valence-electron chi connectivity index (χ1n) is 7.60. The zero-order chi connectivity index (χ0) is 17.9. The molecule has 2 heterocycles. The van der Waals surface area contributed by atoms with E-state index >= 15 is 0 Å². The SMILES string of the molecule is Oc1ccc(-n2nnnc2SCc2ncc(-c3cccc(Cl)c3)o2)cc1. The lowest BCUT2D eigenvalue weighted by atomic mass is 10.2. The van der Waals surface area contributed by atoms with Gasteiger partial charge in [-0.1, -0.05) is 35.5 Å². The van der Waals surface area contributed by atoms with Gasteiger partial charge in [-0.25, -0.2) is 4.98 Å². The molecule has 0 saturated heterocycles. The summed E-state index contributed by atoms with van der Waals surface area (Å²) in [7, 11) is 0. The summed E-state index contributed by atoms with van der Waals surface area (Å²) in [5, 5.41) is 22.3. The fourth-order valence-corrected chi connectivity index (χ4v) is 3.24. The van der Waals surface area contributed by atoms with Gasteiger partial charge in [0, 0.05) is 10.6 Å². The molecule has 0 aliphatic rings. The first-order valence-corrected chi connectivity index (χ1v) is 8.96. The van der Waals surface area contributed by atoms with Crippen LogP contribution in [0.15, 0.2) is 64.3 Å². The number of rotatable bonds is 5. The van der Waals surface area contributed by atoms with E-state index in [-0.39, 0.29) is 5.75 Å². The summed E-state index contributed by atoms with van der Waals surface area (Å²) in [5.41, 5.74) is 1.62. The smallest absolute Gasteiger partial charge is 0.214 e. The number of halogens is 1. The highest BCUT2D eigenvalue weighted by atomic mass is 35.5. The molecule has 0 unspecified atom stereocenters. The van der Waals surface area contributed by atoms with Gasteiger partial charge < -0.3 is 9.52 Å². The topological polar surface area (TPSA) is 89.9 Å². The monoisotopic (exact) mass is 385 g/mol. The molecular weight excluding hydrogens is 374 g/mol. The third kappa shape index (κ3) is 3.56. The van der Waals surface area contributed by atoms with Gasteiger partial charge in [0.25, 0.3) is 0 Å². The summed E-state index contributed by atoms with van der Waals surface area (Å²) in [5.74, 6) is 1.87. The highest BCUT2D eigenvalue weighted by Gasteiger charge is 2.12. The van der Waals surface area contributed by atoms with Gasteiger partial charge in [0.2, 0.25) is 11.0 Å². The van der Waals surface area contributed by atoms with E-state index in [9.17, 15) is 5.11 Å². The summed E-state index contributed by atoms with van der Waals surface area (Å²) < 4.78 is 7.37. The van der Waals surface area contributed by atoms with E-state index in [1.165, 1.54) is 11.8 Å². The molecule has 0 aliphatic heterocycles. The Morgan fingerprint density at radius 1 is 1.15 bits per heavy atom. The number of thioether (sulfide) groups is 1. The van der Waals surface area contributed by atoms with Crippen LogP contribution in [0.5, 0.6) is 5.75 Å². The first-order chi connectivity index (χ1) is 12.7. The standard InChI is InChI=1S/C17H12ClN5O2S/c18-12-3-1-2-11(8-12)15-9-19-16(25-15)10-26-17-20-21-22-23(17)13-4-6-14(24)7-5-13/h1-9,24H,10H2. The minimum Gasteiger partial charge on any atom is -0.508 e. The number of oxazole rings is 1. The fraction of sp³-hybridized carbons (Fsp3) is 0.0588. The van der Waals surface area contributed by atoms with Crippen molar-refractivity contribution in [3.8, 4) is 22.8 Å². The lowest BCUT2D eigenvalue weighted by Gasteiger charge is -2.03. The van der Waals surface area contributed by atoms with Crippen LogP contribution >= 0.6 is 23.4 Å². The van der Waals surface area contributed by atoms with Crippen LogP contribution in [0.4, 0.5) is 0 Å². The second kappa shape index (κ2) is 7.19. The van der Waals surface area contributed by atoms with Crippen molar-refractivity contribution in [2.24, 2.45) is 0 Å². The average Bonchev–Trinajstić information content (AvgIpc) is 3.30. The van der Waals surface area contributed by atoms with Crippen molar-refractivity contribution in [3.63, 3.8) is 0 Å². The van der Waals surface area contributed by atoms with Crippen molar-refractivity contribution < 1.29 is 9.52 Å². The maximum Gasteiger partial charge on any atom is 0.214 e. The molecule has 4 rings (SSSR count). The summed E-state index contributed by atoms with van der Waals surface area (Å²) in [6, 6.07) is 14.0. The van der Waals surface area contributed by atoms with Crippen LogP contribution in [-0.4, -0.2) is 30.3 Å². The van der Waals surface area contributed by atoms with Crippen molar-refractivity contribution in [2.75, 3.05) is 0 Å². The molecule has 0 amide bonds. The number of aromatic hydroxyl groups is 1. The Balaban J connectivity index is 1.49. The van der Waals surface area contributed by atoms with Crippen LogP contribution in [0.1, 0.15) is 5.89 Å². The van der Waals surface area contributed by atoms with Crippen LogP contribution in [0.25, 0.3) is 17.0 Å². The highest BCUT2D eigenvalue weighted by Crippen LogP contribution is 2.27. The molecule has 7 nitrogen and oxygen atoms in total. The van der Waals surface area contributed by atoms with Gasteiger partial charge in [0.05, 0.1) is 17.6 Å². The van der Waals surface area contributed by atoms with Crippen molar-refractivity contribution >= 4 is 23.4 Å². The lowest BCUT2D eigenvalue weighted by Crippen LogP contribution is -1.98. The molecule has 0 aliphatic carbocycles. The van der Waals surface area contributed by atoms with Crippen molar-refractivity contribution in [1.82, 2.24) is 25.2 Å². The molecule has 0 fully saturated rings. The van der Waals surface area contributed by atoms with Gasteiger partial charge in [-0.15, -0.1) is 5.10 Å². The van der Waals surface area contributed by atoms with E-state index in [1.807, 2.05) is 18.2 Å². The van der Waals surface area contributed by atoms with Gasteiger partial charge in [-0.3, -0.25) is 0 Å². The molecule has 2 aromatic carbocycles. The maximum absolute atomic E-state index is 9.39. The molecule has 0 atom stereocenters. The molecule has 0 bridgehead atoms. The molecular formula is C17H12ClN5O2S. The second-order valence-electron chi connectivity index (χ2n) is 5.31. The number of benzene rings is 2. The molecule has 1 N–H and O–H groups in total. The van der Waals surface area contributed by atoms with E-state index in [0.29, 0.717) is 27.6 Å². The quantitative estimate of drug-likeness (QED) is 0.520. The molecule has 9 heteroatoms. The number of hydrogen-bond donors (Lipinski definition) is 1. The van der Waals surface area contributed by atoms with E-state index in [4.69, 9.17) is 16.0 Å². The van der Waals surface area contributed by atoms with Crippen LogP contribution < -0.4 is 0 Å². The Labute approximate surface area is 157 Å². The number of phenols is 1. The van der Waals surface area contributed by atoms with E-state index in [0.717, 1.165) is 11.3 Å². The van der Waals surface area contributed by atoms with Crippen LogP contribution in [0.2, 0.25) is 5.02 Å². The van der Waals surface area contributed by atoms with Crippen LogP contribution in [0, 0.1) is 0 Å². The van der Waals surface area contributed by atoms with Crippen molar-refractivity contribution in [2.45, 2.75) is 10.9 Å². The third-order valence-electron chi connectivity index (χ3n) is 3.52. The van der Waals surface area contributed by atoms with Crippen LogP contribution in [0.3, 0.4) is 0 Å². The van der Waals surface area contributed by atoms with Crippen LogP contribution in [-0.2, 0) is 5.75 Å². The molecule has 4 aromatic rings. The zero-order valence-corrected chi connectivity index (χ0v) is 14.9. The largest absolute Gasteiger partial charge is 0.508 e. The summed E-state index contributed by atoms with van der Waals surface area (Å²) >= 11 is 7.41. The zero-order valence-electron chi connectivity index (χ0n) is 13.3. The first kappa shape index (κ1) is 16.6. The molecule has 2 aromatic heterocycles. The number of aromatic nitrogens is 5. The highest BCUT2D eigenvalue weighted by molar-refractivity contribution is 7.98. The van der Waals surface area contributed by atoms with Crippen molar-refractivity contribution in [1.29, 1.82) is 0 Å². The molecule has 0 radical (unpaired) electrons. The normalized spacial score (nSPS) is 11.0. The van der Waals surface area contributed by atoms with E-state index < -0.39 is 0 Å². The Morgan fingerprint density at radius 3 is 2.81 bits per heavy atom. The Morgan fingerprint density at radius 2 is 2.00 bits per heavy atom. The predicted octanol–water partition coefficient (Wildman–Crippen LogP) is 3.97. The number of hydrogen-bond acceptors (Lipinski definition) is 7. The predicted molar refractivity (Wildman–Crippen MR) is 97.3 cm³/mol. The minimum absolute atomic E-state index is 0.185. The second-order valence-corrected chi connectivity index (χ2v) is 6.69. The number of nitrogens with zero attached hydrogens (tertiary/aromatic N) is 5. The van der Waals surface area contributed by atoms with Crippen molar-refractivity contribution in [3.05, 3.63) is 65.6 Å². The summed E-state index contributed by atoms with van der Waals surface area (Å²) in [4.78, 5) is 4.29. The minimum atomic E-state index is 0.185. The Kier molecular flexibility index (Phi) is 4.59. The Hall–Kier alpha value is -2.84. The third-order valence-corrected chi connectivity index (χ3v) is 4.66. The molecule has 0 saturated carbocycles. The number of phenolic OH excluding ortho intramolecular Hbond substituents is 1. The Bertz CT molecular complexity index is 1030. The number of tetrazole rings is 1. The van der Waals surface area contributed by atoms with Gasteiger partial charge in [-0.05, 0) is 46.8 Å². The van der Waals surface area contributed by atoms with Gasteiger partial charge in [0.15, 0.2) is 5.76 Å². The summed E-state index contributed by atoms with van der Waals surface area (Å²) in [6.45, 7) is 0. The van der Waals surface area contributed by atoms with E-state index in [1.54, 1.807) is 41.2 Å². The molecule has 130 valence electrons. The maximum atomic E-state index is 9.39.